The zero-order chi connectivity index (χ0) is 15.0. The molecule has 0 aliphatic carbocycles. The Morgan fingerprint density at radius 1 is 1.30 bits per heavy atom. The monoisotopic (exact) mass is 279 g/mol. The number of ether oxygens (including phenoxy) is 1. The van der Waals surface area contributed by atoms with Crippen LogP contribution >= 0.6 is 0 Å². The second-order valence-electron chi connectivity index (χ2n) is 4.42. The van der Waals surface area contributed by atoms with E-state index in [0.717, 1.165) is 5.56 Å². The topological polar surface area (TPSA) is 98.7 Å². The third kappa shape index (κ3) is 4.99. The Balaban J connectivity index is 2.78. The number of hydrogen-bond acceptors (Lipinski definition) is 4. The first kappa shape index (κ1) is 16.1. The van der Waals surface area contributed by atoms with Crippen molar-refractivity contribution in [2.45, 2.75) is 19.1 Å². The van der Waals surface area contributed by atoms with E-state index in [2.05, 4.69) is 0 Å². The number of nitrogens with two attached hydrogens (primary N) is 2. The van der Waals surface area contributed by atoms with Gasteiger partial charge in [0.2, 0.25) is 5.91 Å². The molecule has 0 saturated carbocycles. The van der Waals surface area contributed by atoms with Crippen molar-refractivity contribution in [2.24, 2.45) is 11.5 Å². The highest BCUT2D eigenvalue weighted by molar-refractivity contribution is 5.82. The van der Waals surface area contributed by atoms with Gasteiger partial charge >= 0.3 is 0 Å². The van der Waals surface area contributed by atoms with E-state index in [1.54, 1.807) is 4.90 Å². The lowest BCUT2D eigenvalue weighted by Gasteiger charge is -2.26. The van der Waals surface area contributed by atoms with Crippen LogP contribution in [0.4, 0.5) is 0 Å². The van der Waals surface area contributed by atoms with E-state index in [4.69, 9.17) is 16.2 Å². The van der Waals surface area contributed by atoms with E-state index in [1.165, 1.54) is 7.11 Å². The Kier molecular flexibility index (Phi) is 6.69. The van der Waals surface area contributed by atoms with Crippen LogP contribution in [0.15, 0.2) is 30.3 Å². The van der Waals surface area contributed by atoms with Crippen molar-refractivity contribution in [1.82, 2.24) is 4.90 Å². The molecule has 6 heteroatoms. The molecule has 4 N–H and O–H groups in total. The van der Waals surface area contributed by atoms with Crippen LogP contribution in [0.2, 0.25) is 0 Å². The number of carbonyl (C=O) groups excluding carboxylic acids is 2. The lowest BCUT2D eigenvalue weighted by atomic mass is 10.2. The van der Waals surface area contributed by atoms with Crippen LogP contribution in [0, 0.1) is 0 Å². The highest BCUT2D eigenvalue weighted by Crippen LogP contribution is 2.08. The van der Waals surface area contributed by atoms with Gasteiger partial charge in [-0.05, 0) is 5.56 Å². The van der Waals surface area contributed by atoms with Crippen molar-refractivity contribution in [2.75, 3.05) is 20.2 Å². The molecule has 0 saturated heterocycles. The molecule has 0 radical (unpaired) electrons. The summed E-state index contributed by atoms with van der Waals surface area (Å²) in [5, 5.41) is 0. The molecule has 1 atom stereocenters. The van der Waals surface area contributed by atoms with Crippen molar-refractivity contribution in [1.29, 1.82) is 0 Å². The fourth-order valence-electron chi connectivity index (χ4n) is 1.82. The quantitative estimate of drug-likeness (QED) is 0.692. The summed E-state index contributed by atoms with van der Waals surface area (Å²) in [6.07, 6.45) is -0.592. The molecule has 110 valence electrons. The molecule has 1 unspecified atom stereocenters. The van der Waals surface area contributed by atoms with Crippen molar-refractivity contribution >= 4 is 11.8 Å². The van der Waals surface area contributed by atoms with Gasteiger partial charge in [0.1, 0.15) is 6.10 Å². The number of rotatable bonds is 8. The predicted octanol–water partition coefficient (Wildman–Crippen LogP) is -0.136. The molecule has 2 amide bonds. The summed E-state index contributed by atoms with van der Waals surface area (Å²) in [6.45, 7) is 0.743. The number of primary amides is 1. The Bertz CT molecular complexity index is 433. The Hall–Kier alpha value is -1.92. The standard InChI is InChI=1S/C14H21N3O3/c1-20-12(9-15)14(19)17(8-7-13(16)18)10-11-5-3-2-4-6-11/h2-6,12H,7-10,15H2,1H3,(H2,16,18). The maximum Gasteiger partial charge on any atom is 0.253 e. The summed E-state index contributed by atoms with van der Waals surface area (Å²) in [5.41, 5.74) is 11.6. The van der Waals surface area contributed by atoms with Crippen LogP contribution in [-0.4, -0.2) is 43.0 Å². The number of carbonyl (C=O) groups is 2. The van der Waals surface area contributed by atoms with Crippen LogP contribution < -0.4 is 11.5 Å². The zero-order valence-electron chi connectivity index (χ0n) is 11.6. The Labute approximate surface area is 118 Å². The summed E-state index contributed by atoms with van der Waals surface area (Å²) < 4.78 is 5.05. The van der Waals surface area contributed by atoms with Gasteiger partial charge in [0.25, 0.3) is 5.91 Å². The SMILES string of the molecule is COC(CN)C(=O)N(CCC(N)=O)Cc1ccccc1. The normalized spacial score (nSPS) is 11.9. The molecule has 0 fully saturated rings. The summed E-state index contributed by atoms with van der Waals surface area (Å²) in [4.78, 5) is 24.8. The summed E-state index contributed by atoms with van der Waals surface area (Å²) in [5.74, 6) is -0.683. The molecule has 0 heterocycles. The van der Waals surface area contributed by atoms with E-state index in [1.807, 2.05) is 30.3 Å². The highest BCUT2D eigenvalue weighted by atomic mass is 16.5. The number of benzene rings is 1. The molecular weight excluding hydrogens is 258 g/mol. The number of hydrogen-bond donors (Lipinski definition) is 2. The van der Waals surface area contributed by atoms with Gasteiger partial charge in [0.05, 0.1) is 0 Å². The van der Waals surface area contributed by atoms with Gasteiger partial charge < -0.3 is 21.1 Å². The number of nitrogens with zero attached hydrogens (tertiary/aromatic N) is 1. The van der Waals surface area contributed by atoms with Gasteiger partial charge in [-0.15, -0.1) is 0 Å². The largest absolute Gasteiger partial charge is 0.370 e. The van der Waals surface area contributed by atoms with E-state index < -0.39 is 12.0 Å². The van der Waals surface area contributed by atoms with Gasteiger partial charge in [-0.25, -0.2) is 0 Å². The Morgan fingerprint density at radius 2 is 1.95 bits per heavy atom. The van der Waals surface area contributed by atoms with E-state index in [9.17, 15) is 9.59 Å². The van der Waals surface area contributed by atoms with Gasteiger partial charge in [-0.3, -0.25) is 9.59 Å². The van der Waals surface area contributed by atoms with Gasteiger partial charge in [-0.1, -0.05) is 30.3 Å². The molecule has 0 spiro atoms. The third-order valence-corrected chi connectivity index (χ3v) is 2.93. The predicted molar refractivity (Wildman–Crippen MR) is 75.5 cm³/mol. The molecule has 1 aromatic rings. The molecule has 6 nitrogen and oxygen atoms in total. The lowest BCUT2D eigenvalue weighted by molar-refractivity contribution is -0.142. The third-order valence-electron chi connectivity index (χ3n) is 2.93. The number of amides is 2. The molecule has 0 aliphatic rings. The van der Waals surface area contributed by atoms with Crippen LogP contribution in [0.1, 0.15) is 12.0 Å². The summed E-state index contributed by atoms with van der Waals surface area (Å²) >= 11 is 0. The molecular formula is C14H21N3O3. The van der Waals surface area contributed by atoms with E-state index in [0.29, 0.717) is 6.54 Å². The smallest absolute Gasteiger partial charge is 0.253 e. The molecule has 1 aromatic carbocycles. The van der Waals surface area contributed by atoms with Gasteiger partial charge in [-0.2, -0.15) is 0 Å². The lowest BCUT2D eigenvalue weighted by Crippen LogP contribution is -2.44. The maximum atomic E-state index is 12.3. The summed E-state index contributed by atoms with van der Waals surface area (Å²) in [6, 6.07) is 9.51. The second kappa shape index (κ2) is 8.29. The van der Waals surface area contributed by atoms with Crippen LogP contribution in [0.5, 0.6) is 0 Å². The first-order valence-electron chi connectivity index (χ1n) is 6.42. The maximum absolute atomic E-state index is 12.3. The van der Waals surface area contributed by atoms with Crippen molar-refractivity contribution in [3.05, 3.63) is 35.9 Å². The fraction of sp³-hybridized carbons (Fsp3) is 0.429. The minimum absolute atomic E-state index is 0.0944. The first-order valence-corrected chi connectivity index (χ1v) is 6.42. The first-order chi connectivity index (χ1) is 9.58. The average Bonchev–Trinajstić information content (AvgIpc) is 2.45. The van der Waals surface area contributed by atoms with Crippen molar-refractivity contribution < 1.29 is 14.3 Å². The second-order valence-corrected chi connectivity index (χ2v) is 4.42. The minimum atomic E-state index is -0.702. The fourth-order valence-corrected chi connectivity index (χ4v) is 1.82. The molecule has 1 rings (SSSR count). The van der Waals surface area contributed by atoms with Crippen molar-refractivity contribution in [3.8, 4) is 0 Å². The van der Waals surface area contributed by atoms with Gasteiger partial charge in [0.15, 0.2) is 0 Å². The van der Waals surface area contributed by atoms with Gasteiger partial charge in [0, 0.05) is 33.2 Å². The average molecular weight is 279 g/mol. The van der Waals surface area contributed by atoms with E-state index in [-0.39, 0.29) is 25.4 Å². The van der Waals surface area contributed by atoms with Crippen LogP contribution in [0.3, 0.4) is 0 Å². The van der Waals surface area contributed by atoms with Crippen LogP contribution in [0.25, 0.3) is 0 Å². The van der Waals surface area contributed by atoms with E-state index >= 15 is 0 Å². The highest BCUT2D eigenvalue weighted by Gasteiger charge is 2.23. The molecule has 0 aliphatic heterocycles. The number of methoxy groups -OCH3 is 1. The molecule has 20 heavy (non-hydrogen) atoms. The Morgan fingerprint density at radius 3 is 2.45 bits per heavy atom. The summed E-state index contributed by atoms with van der Waals surface area (Å²) in [7, 11) is 1.43. The molecule has 0 bridgehead atoms. The zero-order valence-corrected chi connectivity index (χ0v) is 11.6. The van der Waals surface area contributed by atoms with Crippen molar-refractivity contribution in [3.63, 3.8) is 0 Å². The van der Waals surface area contributed by atoms with Crippen LogP contribution in [-0.2, 0) is 20.9 Å². The molecule has 0 aromatic heterocycles. The minimum Gasteiger partial charge on any atom is -0.370 e.